The zero-order valence-corrected chi connectivity index (χ0v) is 11.7. The van der Waals surface area contributed by atoms with Gasteiger partial charge in [0.25, 0.3) is 0 Å². The van der Waals surface area contributed by atoms with Crippen LogP contribution in [0.3, 0.4) is 0 Å². The smallest absolute Gasteiger partial charge is 0.354 e. The Labute approximate surface area is 123 Å². The van der Waals surface area contributed by atoms with Crippen molar-refractivity contribution >= 4 is 11.9 Å². The molecule has 1 aromatic heterocycles. The fourth-order valence-corrected chi connectivity index (χ4v) is 1.86. The summed E-state index contributed by atoms with van der Waals surface area (Å²) < 4.78 is 40.8. The van der Waals surface area contributed by atoms with Crippen LogP contribution in [0.1, 0.15) is 11.7 Å². The van der Waals surface area contributed by atoms with E-state index in [2.05, 4.69) is 20.0 Å². The van der Waals surface area contributed by atoms with Crippen LogP contribution in [-0.4, -0.2) is 65.1 Å². The minimum absolute atomic E-state index is 0.000824. The van der Waals surface area contributed by atoms with Crippen LogP contribution < -0.4 is 5.32 Å². The molecule has 122 valence electrons. The SMILES string of the molecule is CN1CCN(CC(=O)NCCc2noc(C(F)(F)F)n2)C1=O. The van der Waals surface area contributed by atoms with Crippen LogP contribution in [0, 0.1) is 0 Å². The highest BCUT2D eigenvalue weighted by Gasteiger charge is 2.38. The van der Waals surface area contributed by atoms with Crippen molar-refractivity contribution in [3.05, 3.63) is 11.7 Å². The van der Waals surface area contributed by atoms with Crippen LogP contribution in [0.4, 0.5) is 18.0 Å². The average Bonchev–Trinajstić information content (AvgIpc) is 3.01. The van der Waals surface area contributed by atoms with Crippen LogP contribution in [0.5, 0.6) is 0 Å². The third-order valence-electron chi connectivity index (χ3n) is 3.02. The summed E-state index contributed by atoms with van der Waals surface area (Å²) >= 11 is 0. The molecule has 2 heterocycles. The number of carbonyl (C=O) groups is 2. The first-order chi connectivity index (χ1) is 10.3. The van der Waals surface area contributed by atoms with Gasteiger partial charge in [-0.2, -0.15) is 18.2 Å². The molecule has 0 saturated carbocycles. The summed E-state index contributed by atoms with van der Waals surface area (Å²) in [5, 5.41) is 5.66. The summed E-state index contributed by atoms with van der Waals surface area (Å²) in [6, 6.07) is -0.233. The molecule has 3 amide bonds. The molecule has 11 heteroatoms. The fourth-order valence-electron chi connectivity index (χ4n) is 1.86. The van der Waals surface area contributed by atoms with Gasteiger partial charge in [0.15, 0.2) is 5.82 Å². The van der Waals surface area contributed by atoms with E-state index >= 15 is 0 Å². The molecule has 0 atom stereocenters. The van der Waals surface area contributed by atoms with Crippen LogP contribution in [0.2, 0.25) is 0 Å². The molecule has 1 aliphatic heterocycles. The monoisotopic (exact) mass is 321 g/mol. The first-order valence-corrected chi connectivity index (χ1v) is 6.44. The third kappa shape index (κ3) is 3.86. The van der Waals surface area contributed by atoms with E-state index in [0.29, 0.717) is 13.1 Å². The Bertz CT molecular complexity index is 559. The number of nitrogens with zero attached hydrogens (tertiary/aromatic N) is 4. The Morgan fingerprint density at radius 3 is 2.68 bits per heavy atom. The lowest BCUT2D eigenvalue weighted by Gasteiger charge is -2.15. The van der Waals surface area contributed by atoms with Gasteiger partial charge in [0.2, 0.25) is 5.91 Å². The topological polar surface area (TPSA) is 91.6 Å². The summed E-state index contributed by atoms with van der Waals surface area (Å²) in [4.78, 5) is 29.3. The number of aromatic nitrogens is 2. The molecule has 0 bridgehead atoms. The molecule has 0 radical (unpaired) electrons. The number of likely N-dealkylation sites (N-methyl/N-ethyl adjacent to an activating group) is 1. The zero-order chi connectivity index (χ0) is 16.3. The van der Waals surface area contributed by atoms with Crippen LogP contribution in [0.25, 0.3) is 0 Å². The lowest BCUT2D eigenvalue weighted by atomic mass is 10.4. The molecule has 1 saturated heterocycles. The van der Waals surface area contributed by atoms with Gasteiger partial charge in [-0.3, -0.25) is 4.79 Å². The molecule has 1 N–H and O–H groups in total. The standard InChI is InChI=1S/C11H14F3N5O3/c1-18-4-5-19(10(18)21)6-8(20)15-3-2-7-16-9(22-17-7)11(12,13)14/h2-6H2,1H3,(H,15,20). The van der Waals surface area contributed by atoms with Crippen LogP contribution in [-0.2, 0) is 17.4 Å². The van der Waals surface area contributed by atoms with Crippen molar-refractivity contribution < 1.29 is 27.3 Å². The number of hydrogen-bond acceptors (Lipinski definition) is 5. The molecule has 8 nitrogen and oxygen atoms in total. The lowest BCUT2D eigenvalue weighted by molar-refractivity contribution is -0.159. The van der Waals surface area contributed by atoms with Crippen LogP contribution in [0.15, 0.2) is 4.52 Å². The van der Waals surface area contributed by atoms with Gasteiger partial charge < -0.3 is 19.6 Å². The number of nitrogens with one attached hydrogen (secondary N) is 1. The maximum atomic E-state index is 12.2. The average molecular weight is 321 g/mol. The van der Waals surface area contributed by atoms with Crippen molar-refractivity contribution in [2.75, 3.05) is 33.2 Å². The summed E-state index contributed by atoms with van der Waals surface area (Å²) in [6.07, 6.45) is -4.68. The van der Waals surface area contributed by atoms with E-state index in [1.54, 1.807) is 7.05 Å². The molecule has 0 spiro atoms. The normalized spacial score (nSPS) is 15.5. The Kier molecular flexibility index (Phi) is 4.52. The fraction of sp³-hybridized carbons (Fsp3) is 0.636. The van der Waals surface area contributed by atoms with Crippen LogP contribution >= 0.6 is 0 Å². The number of amides is 3. The van der Waals surface area contributed by atoms with Crippen molar-refractivity contribution in [2.45, 2.75) is 12.6 Å². The van der Waals surface area contributed by atoms with E-state index in [9.17, 15) is 22.8 Å². The Morgan fingerprint density at radius 1 is 1.41 bits per heavy atom. The number of rotatable bonds is 5. The number of halogens is 3. The van der Waals surface area contributed by atoms with Gasteiger partial charge in [-0.15, -0.1) is 0 Å². The third-order valence-corrected chi connectivity index (χ3v) is 3.02. The zero-order valence-electron chi connectivity index (χ0n) is 11.7. The number of hydrogen-bond donors (Lipinski definition) is 1. The molecule has 1 aromatic rings. The molecule has 0 aromatic carbocycles. The maximum Gasteiger partial charge on any atom is 0.471 e. The highest BCUT2D eigenvalue weighted by Crippen LogP contribution is 2.27. The summed E-state index contributed by atoms with van der Waals surface area (Å²) in [5.41, 5.74) is 0. The Hall–Kier alpha value is -2.33. The maximum absolute atomic E-state index is 12.2. The molecule has 22 heavy (non-hydrogen) atoms. The molecular weight excluding hydrogens is 307 g/mol. The second-order valence-corrected chi connectivity index (χ2v) is 4.74. The van der Waals surface area contributed by atoms with Gasteiger partial charge in [-0.1, -0.05) is 5.16 Å². The lowest BCUT2D eigenvalue weighted by Crippen LogP contribution is -2.39. The first kappa shape index (κ1) is 16.0. The highest BCUT2D eigenvalue weighted by atomic mass is 19.4. The summed E-state index contributed by atoms with van der Waals surface area (Å²) in [5.74, 6) is -1.97. The van der Waals surface area contributed by atoms with Gasteiger partial charge >= 0.3 is 18.1 Å². The van der Waals surface area contributed by atoms with Gasteiger partial charge in [-0.25, -0.2) is 4.79 Å². The van der Waals surface area contributed by atoms with Gasteiger partial charge in [-0.05, 0) is 0 Å². The highest BCUT2D eigenvalue weighted by molar-refractivity contribution is 5.84. The molecule has 2 rings (SSSR count). The van der Waals surface area contributed by atoms with E-state index < -0.39 is 18.0 Å². The van der Waals surface area contributed by atoms with E-state index in [-0.39, 0.29) is 31.4 Å². The Morgan fingerprint density at radius 2 is 2.14 bits per heavy atom. The summed E-state index contributed by atoms with van der Waals surface area (Å²) in [6.45, 7) is 0.967. The van der Waals surface area contributed by atoms with Gasteiger partial charge in [0.1, 0.15) is 6.54 Å². The second-order valence-electron chi connectivity index (χ2n) is 4.74. The second kappa shape index (κ2) is 6.20. The molecular formula is C11H14F3N5O3. The molecule has 1 fully saturated rings. The molecule has 0 aliphatic carbocycles. The molecule has 1 aliphatic rings. The number of alkyl halides is 3. The number of urea groups is 1. The van der Waals surface area contributed by atoms with Gasteiger partial charge in [0.05, 0.1) is 0 Å². The first-order valence-electron chi connectivity index (χ1n) is 6.44. The van der Waals surface area contributed by atoms with E-state index in [4.69, 9.17) is 0 Å². The van der Waals surface area contributed by atoms with E-state index in [0.717, 1.165) is 0 Å². The van der Waals surface area contributed by atoms with Crippen molar-refractivity contribution in [3.8, 4) is 0 Å². The van der Waals surface area contributed by atoms with Gasteiger partial charge in [0, 0.05) is 33.1 Å². The minimum atomic E-state index is -4.68. The largest absolute Gasteiger partial charge is 0.471 e. The predicted octanol–water partition coefficient (Wildman–Crippen LogP) is 0.115. The predicted molar refractivity (Wildman–Crippen MR) is 65.6 cm³/mol. The number of carbonyl (C=O) groups excluding carboxylic acids is 2. The Balaban J connectivity index is 1.73. The minimum Gasteiger partial charge on any atom is -0.354 e. The van der Waals surface area contributed by atoms with E-state index in [1.165, 1.54) is 9.80 Å². The quantitative estimate of drug-likeness (QED) is 0.831. The van der Waals surface area contributed by atoms with Crippen molar-refractivity contribution in [2.24, 2.45) is 0 Å². The van der Waals surface area contributed by atoms with Crippen molar-refractivity contribution in [1.82, 2.24) is 25.3 Å². The molecule has 0 unspecified atom stereocenters. The van der Waals surface area contributed by atoms with Crippen molar-refractivity contribution in [3.63, 3.8) is 0 Å². The van der Waals surface area contributed by atoms with Crippen molar-refractivity contribution in [1.29, 1.82) is 0 Å². The summed E-state index contributed by atoms with van der Waals surface area (Å²) in [7, 11) is 1.63. The van der Waals surface area contributed by atoms with E-state index in [1.807, 2.05) is 0 Å².